The normalized spacial score (nSPS) is 12.0. The van der Waals surface area contributed by atoms with E-state index in [1.54, 1.807) is 0 Å². The van der Waals surface area contributed by atoms with Crippen molar-refractivity contribution in [3.8, 4) is 0 Å². The molecule has 0 saturated carbocycles. The number of carbonyl (C=O) groups excluding carboxylic acids is 1. The Balaban J connectivity index is 3.44. The van der Waals surface area contributed by atoms with Gasteiger partial charge >= 0.3 is 5.97 Å². The van der Waals surface area contributed by atoms with Crippen LogP contribution in [0.4, 0.5) is 4.39 Å². The Morgan fingerprint density at radius 3 is 2.29 bits per heavy atom. The third-order valence-corrected chi connectivity index (χ3v) is 2.59. The molecule has 5 heteroatoms. The number of halogens is 2. The highest BCUT2D eigenvalue weighted by Gasteiger charge is 2.18. The van der Waals surface area contributed by atoms with E-state index in [4.69, 9.17) is 16.7 Å². The summed E-state index contributed by atoms with van der Waals surface area (Å²) in [7, 11) is 0. The number of rotatable bonds is 3. The molecule has 0 aromatic heterocycles. The van der Waals surface area contributed by atoms with E-state index < -0.39 is 17.6 Å². The first kappa shape index (κ1) is 13.4. The topological polar surface area (TPSA) is 54.4 Å². The molecule has 0 unspecified atom stereocenters. The molecule has 0 spiro atoms. The number of Topliss-reactive ketones (excluding diaryl/α,β-unsaturated/α-hetero) is 1. The fourth-order valence-electron chi connectivity index (χ4n) is 1.50. The van der Waals surface area contributed by atoms with Crippen LogP contribution < -0.4 is 0 Å². The zero-order valence-electron chi connectivity index (χ0n) is 9.25. The van der Waals surface area contributed by atoms with Crippen molar-refractivity contribution < 1.29 is 19.1 Å². The molecule has 1 aromatic rings. The maximum atomic E-state index is 12.8. The Morgan fingerprint density at radius 1 is 1.29 bits per heavy atom. The van der Waals surface area contributed by atoms with Crippen LogP contribution in [0, 0.1) is 5.82 Å². The van der Waals surface area contributed by atoms with Gasteiger partial charge in [0.1, 0.15) is 11.4 Å². The lowest BCUT2D eigenvalue weighted by Crippen LogP contribution is -2.11. The molecule has 0 radical (unpaired) electrons. The second-order valence-electron chi connectivity index (χ2n) is 3.49. The molecule has 0 saturated heterocycles. The van der Waals surface area contributed by atoms with E-state index in [1.807, 2.05) is 0 Å². The second kappa shape index (κ2) is 5.10. The van der Waals surface area contributed by atoms with Gasteiger partial charge in [-0.25, -0.2) is 9.18 Å². The van der Waals surface area contributed by atoms with E-state index in [-0.39, 0.29) is 16.2 Å². The predicted molar refractivity (Wildman–Crippen MR) is 62.3 cm³/mol. The summed E-state index contributed by atoms with van der Waals surface area (Å²) in [6.07, 6.45) is 0. The van der Waals surface area contributed by atoms with Crippen molar-refractivity contribution in [3.05, 3.63) is 40.2 Å². The molecule has 0 aliphatic heterocycles. The molecule has 90 valence electrons. The summed E-state index contributed by atoms with van der Waals surface area (Å²) in [6.45, 7) is 2.62. The van der Waals surface area contributed by atoms with Crippen LogP contribution in [0.2, 0.25) is 5.02 Å². The van der Waals surface area contributed by atoms with Crippen molar-refractivity contribution in [2.45, 2.75) is 13.8 Å². The van der Waals surface area contributed by atoms with E-state index in [0.717, 1.165) is 19.1 Å². The zero-order chi connectivity index (χ0) is 13.2. The average molecular weight is 257 g/mol. The summed E-state index contributed by atoms with van der Waals surface area (Å²) >= 11 is 5.80. The molecule has 1 rings (SSSR count). The van der Waals surface area contributed by atoms with Crippen molar-refractivity contribution in [2.75, 3.05) is 0 Å². The highest BCUT2D eigenvalue weighted by molar-refractivity contribution is 6.33. The molecule has 0 aliphatic rings. The van der Waals surface area contributed by atoms with E-state index in [1.165, 1.54) is 13.0 Å². The lowest BCUT2D eigenvalue weighted by Gasteiger charge is -2.08. The Kier molecular flexibility index (Phi) is 4.02. The predicted octanol–water partition coefficient (Wildman–Crippen LogP) is 2.93. The first-order chi connectivity index (χ1) is 7.84. The first-order valence-electron chi connectivity index (χ1n) is 4.75. The summed E-state index contributed by atoms with van der Waals surface area (Å²) in [5, 5.41) is 9.00. The van der Waals surface area contributed by atoms with Gasteiger partial charge in [0.05, 0.1) is 5.02 Å². The number of carbonyl (C=O) groups is 2. The van der Waals surface area contributed by atoms with Crippen LogP contribution in [-0.4, -0.2) is 16.9 Å². The number of hydrogen-bond donors (Lipinski definition) is 1. The lowest BCUT2D eigenvalue weighted by molar-refractivity contribution is -0.134. The maximum Gasteiger partial charge on any atom is 0.339 e. The summed E-state index contributed by atoms with van der Waals surface area (Å²) in [4.78, 5) is 22.2. The molecule has 0 atom stereocenters. The SMILES string of the molecule is CC(=O)C(C(=O)O)=C(C)c1ccc(F)cc1Cl. The van der Waals surface area contributed by atoms with Crippen LogP contribution in [0.3, 0.4) is 0 Å². The fourth-order valence-corrected chi connectivity index (χ4v) is 1.81. The third kappa shape index (κ3) is 2.91. The maximum absolute atomic E-state index is 12.8. The highest BCUT2D eigenvalue weighted by atomic mass is 35.5. The highest BCUT2D eigenvalue weighted by Crippen LogP contribution is 2.27. The number of carboxylic acids is 1. The van der Waals surface area contributed by atoms with E-state index in [2.05, 4.69) is 0 Å². The van der Waals surface area contributed by atoms with Gasteiger partial charge in [-0.3, -0.25) is 4.79 Å². The number of carboxylic acid groups (broad SMARTS) is 1. The molecule has 0 aliphatic carbocycles. The van der Waals surface area contributed by atoms with Gasteiger partial charge in [0.25, 0.3) is 0 Å². The van der Waals surface area contributed by atoms with E-state index in [0.29, 0.717) is 5.56 Å². The number of aliphatic carboxylic acids is 1. The minimum atomic E-state index is -1.32. The minimum absolute atomic E-state index is 0.0718. The monoisotopic (exact) mass is 256 g/mol. The summed E-state index contributed by atoms with van der Waals surface area (Å²) in [5.74, 6) is -2.42. The Labute approximate surface area is 103 Å². The van der Waals surface area contributed by atoms with E-state index >= 15 is 0 Å². The van der Waals surface area contributed by atoms with Gasteiger partial charge in [-0.2, -0.15) is 0 Å². The summed E-state index contributed by atoms with van der Waals surface area (Å²) in [5.41, 5.74) is 0.203. The van der Waals surface area contributed by atoms with Gasteiger partial charge in [0, 0.05) is 0 Å². The second-order valence-corrected chi connectivity index (χ2v) is 3.89. The van der Waals surface area contributed by atoms with E-state index in [9.17, 15) is 14.0 Å². The number of ketones is 1. The van der Waals surface area contributed by atoms with Gasteiger partial charge in [0.15, 0.2) is 5.78 Å². The van der Waals surface area contributed by atoms with Crippen LogP contribution in [0.25, 0.3) is 5.57 Å². The minimum Gasteiger partial charge on any atom is -0.478 e. The molecule has 17 heavy (non-hydrogen) atoms. The van der Waals surface area contributed by atoms with Crippen molar-refractivity contribution in [1.82, 2.24) is 0 Å². The molecule has 0 bridgehead atoms. The molecule has 0 heterocycles. The van der Waals surface area contributed by atoms with Crippen molar-refractivity contribution in [1.29, 1.82) is 0 Å². The lowest BCUT2D eigenvalue weighted by atomic mass is 9.99. The largest absolute Gasteiger partial charge is 0.478 e. The Morgan fingerprint density at radius 2 is 1.88 bits per heavy atom. The standard InChI is InChI=1S/C12H10ClFO3/c1-6(11(7(2)15)12(16)17)9-4-3-8(14)5-10(9)13/h3-5H,1-2H3,(H,16,17). The van der Waals surface area contributed by atoms with Gasteiger partial charge in [-0.15, -0.1) is 0 Å². The van der Waals surface area contributed by atoms with Crippen LogP contribution in [-0.2, 0) is 9.59 Å². The molecular weight excluding hydrogens is 247 g/mol. The summed E-state index contributed by atoms with van der Waals surface area (Å²) in [6, 6.07) is 3.57. The Hall–Kier alpha value is -1.68. The molecule has 0 fully saturated rings. The average Bonchev–Trinajstić information content (AvgIpc) is 2.15. The number of hydrogen-bond acceptors (Lipinski definition) is 2. The number of allylic oxidation sites excluding steroid dienone is 1. The van der Waals surface area contributed by atoms with Crippen molar-refractivity contribution in [3.63, 3.8) is 0 Å². The summed E-state index contributed by atoms with van der Waals surface area (Å²) < 4.78 is 12.8. The van der Waals surface area contributed by atoms with Crippen LogP contribution in [0.15, 0.2) is 23.8 Å². The van der Waals surface area contributed by atoms with Crippen molar-refractivity contribution in [2.24, 2.45) is 0 Å². The van der Waals surface area contributed by atoms with Crippen molar-refractivity contribution >= 4 is 28.9 Å². The van der Waals surface area contributed by atoms with Crippen LogP contribution >= 0.6 is 11.6 Å². The molecule has 0 amide bonds. The molecule has 3 nitrogen and oxygen atoms in total. The zero-order valence-corrected chi connectivity index (χ0v) is 10.0. The number of benzene rings is 1. The fraction of sp³-hybridized carbons (Fsp3) is 0.167. The van der Waals surface area contributed by atoms with Gasteiger partial charge in [0.2, 0.25) is 0 Å². The molecule has 1 aromatic carbocycles. The smallest absolute Gasteiger partial charge is 0.339 e. The third-order valence-electron chi connectivity index (χ3n) is 2.28. The van der Waals surface area contributed by atoms with Gasteiger partial charge in [-0.05, 0) is 37.1 Å². The van der Waals surface area contributed by atoms with Gasteiger partial charge in [-0.1, -0.05) is 17.7 Å². The first-order valence-corrected chi connectivity index (χ1v) is 5.13. The van der Waals surface area contributed by atoms with Crippen LogP contribution in [0.5, 0.6) is 0 Å². The quantitative estimate of drug-likeness (QED) is 0.514. The molecular formula is C12H10ClFO3. The van der Waals surface area contributed by atoms with Crippen LogP contribution in [0.1, 0.15) is 19.4 Å². The molecule has 1 N–H and O–H groups in total. The van der Waals surface area contributed by atoms with Gasteiger partial charge < -0.3 is 5.11 Å². The Bertz CT molecular complexity index is 504.